The lowest BCUT2D eigenvalue weighted by Crippen LogP contribution is -2.40. The van der Waals surface area contributed by atoms with Gasteiger partial charge in [0.25, 0.3) is 0 Å². The highest BCUT2D eigenvalue weighted by Gasteiger charge is 2.26. The molecule has 0 fully saturated rings. The standard InChI is InChI=1S/C22H27N3O4/c1-16(21(27)28)20(18-11-7-4-8-12-18)24-19(26)13-14-23-22(29)25(2)15-17-9-5-3-6-10-17/h3-12,16,20H,13-15H2,1-2H3,(H,23,29)(H,24,26)(H,27,28). The maximum atomic E-state index is 12.3. The van der Waals surface area contributed by atoms with Gasteiger partial charge in [-0.25, -0.2) is 4.79 Å². The van der Waals surface area contributed by atoms with Crippen LogP contribution >= 0.6 is 0 Å². The van der Waals surface area contributed by atoms with Crippen molar-refractivity contribution in [2.45, 2.75) is 25.9 Å². The Hall–Kier alpha value is -3.35. The Bertz CT molecular complexity index is 811. The van der Waals surface area contributed by atoms with E-state index in [1.807, 2.05) is 36.4 Å². The van der Waals surface area contributed by atoms with Crippen molar-refractivity contribution in [1.29, 1.82) is 0 Å². The highest BCUT2D eigenvalue weighted by Crippen LogP contribution is 2.22. The van der Waals surface area contributed by atoms with Crippen molar-refractivity contribution >= 4 is 17.9 Å². The van der Waals surface area contributed by atoms with Gasteiger partial charge in [0.1, 0.15) is 0 Å². The maximum absolute atomic E-state index is 12.3. The molecule has 2 rings (SSSR count). The first-order valence-corrected chi connectivity index (χ1v) is 9.48. The first kappa shape index (κ1) is 21.9. The first-order chi connectivity index (χ1) is 13.9. The number of carbonyl (C=O) groups is 3. The predicted molar refractivity (Wildman–Crippen MR) is 110 cm³/mol. The van der Waals surface area contributed by atoms with Gasteiger partial charge in [0.05, 0.1) is 12.0 Å². The molecule has 0 bridgehead atoms. The van der Waals surface area contributed by atoms with Crippen LogP contribution in [0.3, 0.4) is 0 Å². The molecule has 0 saturated carbocycles. The van der Waals surface area contributed by atoms with E-state index in [1.54, 1.807) is 38.2 Å². The Labute approximate surface area is 170 Å². The van der Waals surface area contributed by atoms with E-state index in [2.05, 4.69) is 10.6 Å². The average Bonchev–Trinajstić information content (AvgIpc) is 2.72. The van der Waals surface area contributed by atoms with Gasteiger partial charge in [-0.15, -0.1) is 0 Å². The van der Waals surface area contributed by atoms with Crippen molar-refractivity contribution in [2.75, 3.05) is 13.6 Å². The van der Waals surface area contributed by atoms with Crippen LogP contribution in [0, 0.1) is 5.92 Å². The van der Waals surface area contributed by atoms with Crippen LogP contribution in [0.25, 0.3) is 0 Å². The molecule has 7 nitrogen and oxygen atoms in total. The summed E-state index contributed by atoms with van der Waals surface area (Å²) in [5, 5.41) is 14.8. The molecule has 0 radical (unpaired) electrons. The van der Waals surface area contributed by atoms with Gasteiger partial charge in [-0.3, -0.25) is 9.59 Å². The molecule has 0 spiro atoms. The monoisotopic (exact) mass is 397 g/mol. The molecule has 0 saturated heterocycles. The first-order valence-electron chi connectivity index (χ1n) is 9.48. The maximum Gasteiger partial charge on any atom is 0.317 e. The van der Waals surface area contributed by atoms with E-state index in [0.29, 0.717) is 6.54 Å². The molecule has 3 N–H and O–H groups in total. The smallest absolute Gasteiger partial charge is 0.317 e. The van der Waals surface area contributed by atoms with Crippen LogP contribution in [0.5, 0.6) is 0 Å². The van der Waals surface area contributed by atoms with Gasteiger partial charge in [0.15, 0.2) is 0 Å². The Kier molecular flexibility index (Phi) is 8.21. The number of carbonyl (C=O) groups excluding carboxylic acids is 2. The molecule has 0 aliphatic carbocycles. The zero-order chi connectivity index (χ0) is 21.2. The summed E-state index contributed by atoms with van der Waals surface area (Å²) < 4.78 is 0. The topological polar surface area (TPSA) is 98.7 Å². The number of hydrogen-bond acceptors (Lipinski definition) is 3. The van der Waals surface area contributed by atoms with Crippen molar-refractivity contribution in [3.63, 3.8) is 0 Å². The van der Waals surface area contributed by atoms with Gasteiger partial charge in [-0.2, -0.15) is 0 Å². The lowest BCUT2D eigenvalue weighted by Gasteiger charge is -2.23. The molecule has 0 heterocycles. The molecular formula is C22H27N3O4. The van der Waals surface area contributed by atoms with Gasteiger partial charge in [0, 0.05) is 26.6 Å². The van der Waals surface area contributed by atoms with Crippen LogP contribution in [0.2, 0.25) is 0 Å². The van der Waals surface area contributed by atoms with Crippen LogP contribution in [-0.2, 0) is 16.1 Å². The van der Waals surface area contributed by atoms with Crippen molar-refractivity contribution in [3.8, 4) is 0 Å². The zero-order valence-corrected chi connectivity index (χ0v) is 16.7. The summed E-state index contributed by atoms with van der Waals surface area (Å²) >= 11 is 0. The fraction of sp³-hybridized carbons (Fsp3) is 0.318. The Balaban J connectivity index is 1.84. The van der Waals surface area contributed by atoms with Gasteiger partial charge < -0.3 is 20.6 Å². The summed E-state index contributed by atoms with van der Waals surface area (Å²) in [6.45, 7) is 2.18. The van der Waals surface area contributed by atoms with Crippen LogP contribution in [-0.4, -0.2) is 41.5 Å². The fourth-order valence-electron chi connectivity index (χ4n) is 2.89. The largest absolute Gasteiger partial charge is 0.481 e. The second-order valence-corrected chi connectivity index (χ2v) is 6.91. The highest BCUT2D eigenvalue weighted by molar-refractivity contribution is 5.79. The number of carboxylic acids is 1. The van der Waals surface area contributed by atoms with E-state index in [0.717, 1.165) is 11.1 Å². The van der Waals surface area contributed by atoms with E-state index in [1.165, 1.54) is 4.90 Å². The zero-order valence-electron chi connectivity index (χ0n) is 16.7. The van der Waals surface area contributed by atoms with Crippen molar-refractivity contribution < 1.29 is 19.5 Å². The molecule has 2 unspecified atom stereocenters. The molecule has 7 heteroatoms. The summed E-state index contributed by atoms with van der Waals surface area (Å²) in [6.07, 6.45) is 0.0561. The summed E-state index contributed by atoms with van der Waals surface area (Å²) in [4.78, 5) is 37.4. The number of amides is 3. The van der Waals surface area contributed by atoms with Gasteiger partial charge >= 0.3 is 12.0 Å². The third-order valence-corrected chi connectivity index (χ3v) is 4.60. The molecule has 3 amide bonds. The van der Waals surface area contributed by atoms with Crippen LogP contribution in [0.1, 0.15) is 30.5 Å². The third-order valence-electron chi connectivity index (χ3n) is 4.60. The molecule has 0 aromatic heterocycles. The molecule has 0 aliphatic heterocycles. The minimum absolute atomic E-state index is 0.0561. The van der Waals surface area contributed by atoms with Gasteiger partial charge in [-0.05, 0) is 18.1 Å². The second-order valence-electron chi connectivity index (χ2n) is 6.91. The van der Waals surface area contributed by atoms with E-state index >= 15 is 0 Å². The second kappa shape index (κ2) is 10.8. The predicted octanol–water partition coefficient (Wildman–Crippen LogP) is 2.80. The molecule has 2 atom stereocenters. The number of hydrogen-bond donors (Lipinski definition) is 3. The molecule has 29 heavy (non-hydrogen) atoms. The van der Waals surface area contributed by atoms with E-state index in [-0.39, 0.29) is 24.9 Å². The molecule has 0 aliphatic rings. The number of benzene rings is 2. The molecule has 2 aromatic rings. The van der Waals surface area contributed by atoms with Crippen LogP contribution in [0.15, 0.2) is 60.7 Å². The normalized spacial score (nSPS) is 12.5. The Morgan fingerprint density at radius 2 is 1.59 bits per heavy atom. The number of nitrogens with one attached hydrogen (secondary N) is 2. The average molecular weight is 397 g/mol. The number of aliphatic carboxylic acids is 1. The fourth-order valence-corrected chi connectivity index (χ4v) is 2.89. The Morgan fingerprint density at radius 3 is 2.17 bits per heavy atom. The van der Waals surface area contributed by atoms with Gasteiger partial charge in [0.2, 0.25) is 5.91 Å². The molecule has 2 aromatic carbocycles. The number of rotatable bonds is 9. The number of urea groups is 1. The SMILES string of the molecule is CC(C(=O)O)C(NC(=O)CCNC(=O)N(C)Cc1ccccc1)c1ccccc1. The van der Waals surface area contributed by atoms with Crippen LogP contribution in [0.4, 0.5) is 4.79 Å². The highest BCUT2D eigenvalue weighted by atomic mass is 16.4. The third kappa shape index (κ3) is 6.95. The van der Waals surface area contributed by atoms with Gasteiger partial charge in [-0.1, -0.05) is 60.7 Å². The summed E-state index contributed by atoms with van der Waals surface area (Å²) in [5.41, 5.74) is 1.73. The lowest BCUT2D eigenvalue weighted by molar-refractivity contribution is -0.142. The minimum Gasteiger partial charge on any atom is -0.481 e. The number of nitrogens with zero attached hydrogens (tertiary/aromatic N) is 1. The summed E-state index contributed by atoms with van der Waals surface area (Å²) in [7, 11) is 1.68. The Morgan fingerprint density at radius 1 is 1.00 bits per heavy atom. The quantitative estimate of drug-likeness (QED) is 0.606. The summed E-state index contributed by atoms with van der Waals surface area (Å²) in [6, 6.07) is 17.7. The van der Waals surface area contributed by atoms with Crippen molar-refractivity contribution in [3.05, 3.63) is 71.8 Å². The minimum atomic E-state index is -0.991. The summed E-state index contributed by atoms with van der Waals surface area (Å²) in [5.74, 6) is -2.10. The number of carboxylic acid groups (broad SMARTS) is 1. The lowest BCUT2D eigenvalue weighted by atomic mass is 9.94. The molecule has 154 valence electrons. The van der Waals surface area contributed by atoms with Crippen molar-refractivity contribution in [2.24, 2.45) is 5.92 Å². The van der Waals surface area contributed by atoms with E-state index in [4.69, 9.17) is 0 Å². The van der Waals surface area contributed by atoms with E-state index in [9.17, 15) is 19.5 Å². The molecular weight excluding hydrogens is 370 g/mol. The van der Waals surface area contributed by atoms with E-state index < -0.39 is 17.9 Å². The van der Waals surface area contributed by atoms with Crippen molar-refractivity contribution in [1.82, 2.24) is 15.5 Å². The van der Waals surface area contributed by atoms with Crippen LogP contribution < -0.4 is 10.6 Å².